The Bertz CT molecular complexity index is 747. The highest BCUT2D eigenvalue weighted by atomic mass is 19.1. The van der Waals surface area contributed by atoms with Gasteiger partial charge in [-0.2, -0.15) is 0 Å². The normalized spacial score (nSPS) is 11.1. The summed E-state index contributed by atoms with van der Waals surface area (Å²) in [6.07, 6.45) is 0.802. The van der Waals surface area contributed by atoms with E-state index in [-0.39, 0.29) is 11.6 Å². The van der Waals surface area contributed by atoms with E-state index < -0.39 is 0 Å². The van der Waals surface area contributed by atoms with Gasteiger partial charge in [0.15, 0.2) is 0 Å². The molecule has 3 aromatic rings. The highest BCUT2D eigenvalue weighted by Crippen LogP contribution is 2.22. The fourth-order valence-electron chi connectivity index (χ4n) is 2.38. The standard InChI is InChI=1S/C16H15FN2O/c1-2-16-18-14-8-7-13(20)9-15(14)19(16)10-11-3-5-12(17)6-4-11/h3-9,20H,2,10H2,1H3. The second kappa shape index (κ2) is 4.96. The Morgan fingerprint density at radius 2 is 1.90 bits per heavy atom. The summed E-state index contributed by atoms with van der Waals surface area (Å²) in [4.78, 5) is 4.56. The first-order valence-electron chi connectivity index (χ1n) is 6.60. The van der Waals surface area contributed by atoms with Crippen molar-refractivity contribution in [2.45, 2.75) is 19.9 Å². The molecule has 0 fully saturated rings. The zero-order chi connectivity index (χ0) is 14.1. The Hall–Kier alpha value is -2.36. The van der Waals surface area contributed by atoms with Gasteiger partial charge in [0.1, 0.15) is 17.4 Å². The Morgan fingerprint density at radius 3 is 2.60 bits per heavy atom. The minimum atomic E-state index is -0.238. The number of phenolic OH excluding ortho intramolecular Hbond substituents is 1. The van der Waals surface area contributed by atoms with E-state index in [2.05, 4.69) is 9.55 Å². The lowest BCUT2D eigenvalue weighted by Crippen LogP contribution is -2.04. The quantitative estimate of drug-likeness (QED) is 0.791. The Labute approximate surface area is 116 Å². The molecular formula is C16H15FN2O. The fraction of sp³-hybridized carbons (Fsp3) is 0.188. The number of rotatable bonds is 3. The number of halogens is 1. The lowest BCUT2D eigenvalue weighted by molar-refractivity contribution is 0.476. The molecule has 0 amide bonds. The molecule has 0 aliphatic rings. The first-order chi connectivity index (χ1) is 9.67. The van der Waals surface area contributed by atoms with Gasteiger partial charge in [-0.25, -0.2) is 9.37 Å². The van der Waals surface area contributed by atoms with Gasteiger partial charge in [-0.05, 0) is 29.8 Å². The van der Waals surface area contributed by atoms with Crippen LogP contribution in [0.4, 0.5) is 4.39 Å². The number of aryl methyl sites for hydroxylation is 1. The fourth-order valence-corrected chi connectivity index (χ4v) is 2.38. The van der Waals surface area contributed by atoms with Crippen LogP contribution in [0.2, 0.25) is 0 Å². The van der Waals surface area contributed by atoms with Crippen molar-refractivity contribution >= 4 is 11.0 Å². The molecule has 0 bridgehead atoms. The summed E-state index contributed by atoms with van der Waals surface area (Å²) in [6, 6.07) is 11.6. The summed E-state index contributed by atoms with van der Waals surface area (Å²) < 4.78 is 15.0. The van der Waals surface area contributed by atoms with Crippen LogP contribution >= 0.6 is 0 Å². The molecule has 3 rings (SSSR count). The van der Waals surface area contributed by atoms with E-state index in [4.69, 9.17) is 0 Å². The van der Waals surface area contributed by atoms with E-state index in [1.165, 1.54) is 12.1 Å². The van der Waals surface area contributed by atoms with Gasteiger partial charge in [-0.3, -0.25) is 0 Å². The molecule has 1 heterocycles. The van der Waals surface area contributed by atoms with Crippen LogP contribution in [0.25, 0.3) is 11.0 Å². The number of benzene rings is 2. The van der Waals surface area contributed by atoms with Crippen molar-refractivity contribution in [1.82, 2.24) is 9.55 Å². The Kier molecular flexibility index (Phi) is 3.14. The summed E-state index contributed by atoms with van der Waals surface area (Å²) >= 11 is 0. The summed E-state index contributed by atoms with van der Waals surface area (Å²) in [5.41, 5.74) is 2.76. The maximum atomic E-state index is 13.0. The molecule has 1 N–H and O–H groups in total. The number of nitrogens with zero attached hydrogens (tertiary/aromatic N) is 2. The van der Waals surface area contributed by atoms with E-state index in [1.54, 1.807) is 24.3 Å². The molecule has 0 saturated carbocycles. The Balaban J connectivity index is 2.08. The van der Waals surface area contributed by atoms with Gasteiger partial charge >= 0.3 is 0 Å². The maximum Gasteiger partial charge on any atom is 0.123 e. The van der Waals surface area contributed by atoms with Crippen molar-refractivity contribution in [2.75, 3.05) is 0 Å². The molecule has 20 heavy (non-hydrogen) atoms. The second-order valence-electron chi connectivity index (χ2n) is 4.77. The minimum absolute atomic E-state index is 0.223. The zero-order valence-electron chi connectivity index (χ0n) is 11.2. The molecule has 4 heteroatoms. The third-order valence-corrected chi connectivity index (χ3v) is 3.38. The summed E-state index contributed by atoms with van der Waals surface area (Å²) in [5.74, 6) is 0.938. The van der Waals surface area contributed by atoms with Crippen LogP contribution in [0.3, 0.4) is 0 Å². The third kappa shape index (κ3) is 2.25. The molecular weight excluding hydrogens is 255 g/mol. The molecule has 0 unspecified atom stereocenters. The number of aromatic hydroxyl groups is 1. The predicted molar refractivity (Wildman–Crippen MR) is 76.3 cm³/mol. The van der Waals surface area contributed by atoms with Crippen LogP contribution < -0.4 is 0 Å². The van der Waals surface area contributed by atoms with Gasteiger partial charge in [0, 0.05) is 19.0 Å². The third-order valence-electron chi connectivity index (χ3n) is 3.38. The van der Waals surface area contributed by atoms with Crippen LogP contribution in [-0.4, -0.2) is 14.7 Å². The summed E-state index contributed by atoms with van der Waals surface area (Å²) in [5, 5.41) is 9.65. The first-order valence-corrected chi connectivity index (χ1v) is 6.60. The number of hydrogen-bond acceptors (Lipinski definition) is 2. The van der Waals surface area contributed by atoms with Crippen molar-refractivity contribution in [3.8, 4) is 5.75 Å². The average molecular weight is 270 g/mol. The lowest BCUT2D eigenvalue weighted by Gasteiger charge is -2.08. The highest BCUT2D eigenvalue weighted by Gasteiger charge is 2.10. The van der Waals surface area contributed by atoms with Crippen molar-refractivity contribution < 1.29 is 9.50 Å². The predicted octanol–water partition coefficient (Wildman–Crippen LogP) is 3.49. The molecule has 102 valence electrons. The minimum Gasteiger partial charge on any atom is -0.508 e. The van der Waals surface area contributed by atoms with Crippen LogP contribution in [-0.2, 0) is 13.0 Å². The van der Waals surface area contributed by atoms with Crippen molar-refractivity contribution in [2.24, 2.45) is 0 Å². The smallest absolute Gasteiger partial charge is 0.123 e. The van der Waals surface area contributed by atoms with Gasteiger partial charge in [0.2, 0.25) is 0 Å². The van der Waals surface area contributed by atoms with E-state index in [0.717, 1.165) is 28.8 Å². The molecule has 3 nitrogen and oxygen atoms in total. The molecule has 2 aromatic carbocycles. The van der Waals surface area contributed by atoms with Gasteiger partial charge in [0.25, 0.3) is 0 Å². The molecule has 0 spiro atoms. The van der Waals surface area contributed by atoms with Crippen LogP contribution in [0.5, 0.6) is 5.75 Å². The number of hydrogen-bond donors (Lipinski definition) is 1. The lowest BCUT2D eigenvalue weighted by atomic mass is 10.2. The molecule has 1 aromatic heterocycles. The van der Waals surface area contributed by atoms with Gasteiger partial charge < -0.3 is 9.67 Å². The monoisotopic (exact) mass is 270 g/mol. The molecule has 0 aliphatic heterocycles. The van der Waals surface area contributed by atoms with E-state index >= 15 is 0 Å². The highest BCUT2D eigenvalue weighted by molar-refractivity contribution is 5.77. The molecule has 0 atom stereocenters. The first kappa shape index (κ1) is 12.7. The van der Waals surface area contributed by atoms with Crippen molar-refractivity contribution in [3.05, 3.63) is 59.7 Å². The van der Waals surface area contributed by atoms with E-state index in [9.17, 15) is 9.50 Å². The Morgan fingerprint density at radius 1 is 1.15 bits per heavy atom. The number of aromatic nitrogens is 2. The average Bonchev–Trinajstić information content (AvgIpc) is 2.79. The second-order valence-corrected chi connectivity index (χ2v) is 4.77. The van der Waals surface area contributed by atoms with Crippen LogP contribution in [0.15, 0.2) is 42.5 Å². The van der Waals surface area contributed by atoms with E-state index in [0.29, 0.717) is 6.54 Å². The maximum absolute atomic E-state index is 13.0. The van der Waals surface area contributed by atoms with Gasteiger partial charge in [-0.1, -0.05) is 19.1 Å². The molecule has 0 aliphatic carbocycles. The number of fused-ring (bicyclic) bond motifs is 1. The summed E-state index contributed by atoms with van der Waals surface area (Å²) in [7, 11) is 0. The van der Waals surface area contributed by atoms with Gasteiger partial charge in [0.05, 0.1) is 11.0 Å². The van der Waals surface area contributed by atoms with Gasteiger partial charge in [-0.15, -0.1) is 0 Å². The van der Waals surface area contributed by atoms with Crippen molar-refractivity contribution in [3.63, 3.8) is 0 Å². The molecule has 0 saturated heterocycles. The van der Waals surface area contributed by atoms with Crippen LogP contribution in [0.1, 0.15) is 18.3 Å². The summed E-state index contributed by atoms with van der Waals surface area (Å²) in [6.45, 7) is 2.66. The van der Waals surface area contributed by atoms with E-state index in [1.807, 2.05) is 13.0 Å². The SMILES string of the molecule is CCc1nc2ccc(O)cc2n1Cc1ccc(F)cc1. The number of imidazole rings is 1. The topological polar surface area (TPSA) is 38.1 Å². The largest absolute Gasteiger partial charge is 0.508 e. The van der Waals surface area contributed by atoms with Crippen molar-refractivity contribution in [1.29, 1.82) is 0 Å². The molecule has 0 radical (unpaired) electrons. The van der Waals surface area contributed by atoms with Crippen LogP contribution in [0, 0.1) is 5.82 Å². The zero-order valence-corrected chi connectivity index (χ0v) is 11.2. The number of phenols is 1.